The third-order valence-corrected chi connectivity index (χ3v) is 6.80. The molecular formula is C18H27N3O6S. The van der Waals surface area contributed by atoms with Crippen molar-refractivity contribution in [2.45, 2.75) is 19.8 Å². The Morgan fingerprint density at radius 1 is 1.18 bits per heavy atom. The van der Waals surface area contributed by atoms with Crippen molar-refractivity contribution >= 4 is 27.5 Å². The van der Waals surface area contributed by atoms with Crippen LogP contribution in [0.1, 0.15) is 30.1 Å². The maximum atomic E-state index is 13.2. The van der Waals surface area contributed by atoms with Gasteiger partial charge in [0.2, 0.25) is 15.9 Å². The number of methoxy groups -OCH3 is 2. The minimum Gasteiger partial charge on any atom is -0.493 e. The number of benzene rings is 1. The summed E-state index contributed by atoms with van der Waals surface area (Å²) in [5, 5.41) is 0. The van der Waals surface area contributed by atoms with Gasteiger partial charge in [0.25, 0.3) is 5.91 Å². The number of nitrogens with two attached hydrogens (primary N) is 1. The number of piperidine rings is 1. The zero-order chi connectivity index (χ0) is 21.1. The van der Waals surface area contributed by atoms with Crippen LogP contribution in [0.4, 0.5) is 5.69 Å². The van der Waals surface area contributed by atoms with Gasteiger partial charge >= 0.3 is 0 Å². The van der Waals surface area contributed by atoms with Crippen molar-refractivity contribution in [1.82, 2.24) is 4.90 Å². The van der Waals surface area contributed by atoms with Gasteiger partial charge in [-0.25, -0.2) is 8.42 Å². The first-order valence-corrected chi connectivity index (χ1v) is 10.6. The third kappa shape index (κ3) is 4.32. The average Bonchev–Trinajstić information content (AvgIpc) is 2.71. The second-order valence-corrected chi connectivity index (χ2v) is 8.85. The van der Waals surface area contributed by atoms with Gasteiger partial charge in [0, 0.05) is 32.1 Å². The molecule has 0 radical (unpaired) electrons. The highest BCUT2D eigenvalue weighted by atomic mass is 32.2. The Morgan fingerprint density at radius 2 is 1.71 bits per heavy atom. The highest BCUT2D eigenvalue weighted by Gasteiger charge is 2.30. The second-order valence-electron chi connectivity index (χ2n) is 6.56. The number of amides is 2. The predicted octanol–water partition coefficient (Wildman–Crippen LogP) is 0.827. The van der Waals surface area contributed by atoms with Crippen molar-refractivity contribution in [3.63, 3.8) is 0 Å². The molecular weight excluding hydrogens is 386 g/mol. The lowest BCUT2D eigenvalue weighted by Crippen LogP contribution is -2.42. The SMILES string of the molecule is CCS(=O)(=O)N(C)c1cc(OC)c(OC)cc1C(=O)N1CCC(C(N)=O)CC1. The number of carbonyl (C=O) groups excluding carboxylic acids is 2. The van der Waals surface area contributed by atoms with E-state index in [-0.39, 0.29) is 34.7 Å². The summed E-state index contributed by atoms with van der Waals surface area (Å²) in [6.07, 6.45) is 0.958. The maximum absolute atomic E-state index is 13.2. The van der Waals surface area contributed by atoms with Crippen LogP contribution < -0.4 is 19.5 Å². The molecule has 9 nitrogen and oxygen atoms in total. The van der Waals surface area contributed by atoms with Gasteiger partial charge in [0.15, 0.2) is 11.5 Å². The number of likely N-dealkylation sites (tertiary alicyclic amines) is 1. The van der Waals surface area contributed by atoms with Crippen LogP contribution in [0.3, 0.4) is 0 Å². The number of anilines is 1. The van der Waals surface area contributed by atoms with Gasteiger partial charge in [-0.05, 0) is 25.8 Å². The number of carbonyl (C=O) groups is 2. The van der Waals surface area contributed by atoms with E-state index >= 15 is 0 Å². The van der Waals surface area contributed by atoms with Gasteiger partial charge in [-0.1, -0.05) is 0 Å². The molecule has 2 amide bonds. The maximum Gasteiger partial charge on any atom is 0.256 e. The number of ether oxygens (including phenoxy) is 2. The number of primary amides is 1. The molecule has 0 aromatic heterocycles. The Labute approximate surface area is 165 Å². The molecule has 156 valence electrons. The van der Waals surface area contributed by atoms with E-state index in [4.69, 9.17) is 15.2 Å². The lowest BCUT2D eigenvalue weighted by Gasteiger charge is -2.32. The van der Waals surface area contributed by atoms with Crippen molar-refractivity contribution < 1.29 is 27.5 Å². The van der Waals surface area contributed by atoms with Gasteiger partial charge < -0.3 is 20.1 Å². The summed E-state index contributed by atoms with van der Waals surface area (Å²) in [6.45, 7) is 2.26. The molecule has 0 spiro atoms. The predicted molar refractivity (Wildman–Crippen MR) is 105 cm³/mol. The van der Waals surface area contributed by atoms with Gasteiger partial charge in [0.05, 0.1) is 31.2 Å². The van der Waals surface area contributed by atoms with Crippen molar-refractivity contribution in [2.24, 2.45) is 11.7 Å². The zero-order valence-electron chi connectivity index (χ0n) is 16.6. The van der Waals surface area contributed by atoms with Crippen molar-refractivity contribution in [1.29, 1.82) is 0 Å². The van der Waals surface area contributed by atoms with Crippen molar-refractivity contribution in [2.75, 3.05) is 44.4 Å². The first-order valence-electron chi connectivity index (χ1n) is 8.97. The summed E-state index contributed by atoms with van der Waals surface area (Å²) in [5.41, 5.74) is 5.75. The molecule has 10 heteroatoms. The summed E-state index contributed by atoms with van der Waals surface area (Å²) in [5.74, 6) is -0.430. The molecule has 2 N–H and O–H groups in total. The molecule has 0 bridgehead atoms. The quantitative estimate of drug-likeness (QED) is 0.707. The number of hydrogen-bond acceptors (Lipinski definition) is 6. The second kappa shape index (κ2) is 8.68. The van der Waals surface area contributed by atoms with Crippen LogP contribution >= 0.6 is 0 Å². The van der Waals surface area contributed by atoms with E-state index in [1.165, 1.54) is 40.3 Å². The van der Waals surface area contributed by atoms with E-state index in [9.17, 15) is 18.0 Å². The molecule has 0 atom stereocenters. The van der Waals surface area contributed by atoms with E-state index in [1.54, 1.807) is 4.90 Å². The van der Waals surface area contributed by atoms with Crippen LogP contribution in [0.25, 0.3) is 0 Å². The standard InChI is InChI=1S/C18H27N3O6S/c1-5-28(24,25)20(2)14-11-16(27-4)15(26-3)10-13(14)18(23)21-8-6-12(7-9-21)17(19)22/h10-12H,5-9H2,1-4H3,(H2,19,22). The van der Waals surface area contributed by atoms with E-state index < -0.39 is 10.0 Å². The molecule has 1 aromatic carbocycles. The smallest absolute Gasteiger partial charge is 0.256 e. The summed E-state index contributed by atoms with van der Waals surface area (Å²) < 4.78 is 36.4. The van der Waals surface area contributed by atoms with Gasteiger partial charge in [-0.3, -0.25) is 13.9 Å². The Hall–Kier alpha value is -2.49. The van der Waals surface area contributed by atoms with Crippen molar-refractivity contribution in [3.8, 4) is 11.5 Å². The minimum absolute atomic E-state index is 0.116. The van der Waals surface area contributed by atoms with Crippen LogP contribution in [-0.2, 0) is 14.8 Å². The molecule has 0 aliphatic carbocycles. The summed E-state index contributed by atoms with van der Waals surface area (Å²) in [4.78, 5) is 26.1. The number of nitrogens with zero attached hydrogens (tertiary/aromatic N) is 2. The number of rotatable bonds is 7. The molecule has 1 heterocycles. The van der Waals surface area contributed by atoms with E-state index in [1.807, 2.05) is 0 Å². The molecule has 1 aliphatic heterocycles. The summed E-state index contributed by atoms with van der Waals surface area (Å²) in [7, 11) is 0.679. The topological polar surface area (TPSA) is 119 Å². The number of hydrogen-bond donors (Lipinski definition) is 1. The van der Waals surface area contributed by atoms with Crippen LogP contribution in [0.5, 0.6) is 11.5 Å². The Bertz CT molecular complexity index is 847. The average molecular weight is 413 g/mol. The molecule has 0 saturated carbocycles. The summed E-state index contributed by atoms with van der Waals surface area (Å²) >= 11 is 0. The van der Waals surface area contributed by atoms with Gasteiger partial charge in [0.1, 0.15) is 0 Å². The van der Waals surface area contributed by atoms with Crippen LogP contribution in [0.15, 0.2) is 12.1 Å². The molecule has 1 saturated heterocycles. The fourth-order valence-corrected chi connectivity index (χ4v) is 4.02. The largest absolute Gasteiger partial charge is 0.493 e. The monoisotopic (exact) mass is 413 g/mol. The molecule has 1 fully saturated rings. The zero-order valence-corrected chi connectivity index (χ0v) is 17.4. The Balaban J connectivity index is 2.46. The molecule has 1 aliphatic rings. The third-order valence-electron chi connectivity index (χ3n) is 5.04. The lowest BCUT2D eigenvalue weighted by atomic mass is 9.95. The van der Waals surface area contributed by atoms with E-state index in [2.05, 4.69) is 0 Å². The Morgan fingerprint density at radius 3 is 2.18 bits per heavy atom. The van der Waals surface area contributed by atoms with Crippen LogP contribution in [-0.4, -0.2) is 65.2 Å². The normalized spacial score (nSPS) is 15.2. The summed E-state index contributed by atoms with van der Waals surface area (Å²) in [6, 6.07) is 2.97. The first kappa shape index (κ1) is 21.8. The van der Waals surface area contributed by atoms with E-state index in [0.29, 0.717) is 37.4 Å². The highest BCUT2D eigenvalue weighted by Crippen LogP contribution is 2.37. The van der Waals surface area contributed by atoms with Crippen molar-refractivity contribution in [3.05, 3.63) is 17.7 Å². The van der Waals surface area contributed by atoms with Crippen LogP contribution in [0.2, 0.25) is 0 Å². The van der Waals surface area contributed by atoms with Gasteiger partial charge in [-0.2, -0.15) is 0 Å². The Kier molecular flexibility index (Phi) is 6.76. The molecule has 28 heavy (non-hydrogen) atoms. The minimum atomic E-state index is -3.60. The number of sulfonamides is 1. The molecule has 2 rings (SSSR count). The molecule has 0 unspecified atom stereocenters. The lowest BCUT2D eigenvalue weighted by molar-refractivity contribution is -0.123. The fourth-order valence-electron chi connectivity index (χ4n) is 3.18. The molecule has 1 aromatic rings. The first-order chi connectivity index (χ1) is 13.2. The van der Waals surface area contributed by atoms with Gasteiger partial charge in [-0.15, -0.1) is 0 Å². The van der Waals surface area contributed by atoms with E-state index in [0.717, 1.165) is 4.31 Å². The fraction of sp³-hybridized carbons (Fsp3) is 0.556. The van der Waals surface area contributed by atoms with Crippen LogP contribution in [0, 0.1) is 5.92 Å². The highest BCUT2D eigenvalue weighted by molar-refractivity contribution is 7.92.